The predicted octanol–water partition coefficient (Wildman–Crippen LogP) is 2.58. The monoisotopic (exact) mass is 353 g/mol. The SMILES string of the molecule is CC(c1nccs1)N1CCN(c2ncc(Br)cn2)CC1. The van der Waals surface area contributed by atoms with Gasteiger partial charge in [-0.3, -0.25) is 4.90 Å². The van der Waals surface area contributed by atoms with Crippen LogP contribution in [0.25, 0.3) is 0 Å². The molecule has 0 radical (unpaired) electrons. The molecule has 0 bridgehead atoms. The molecule has 0 saturated carbocycles. The molecule has 3 rings (SSSR count). The van der Waals surface area contributed by atoms with Crippen LogP contribution in [-0.2, 0) is 0 Å². The van der Waals surface area contributed by atoms with E-state index in [0.717, 1.165) is 36.6 Å². The summed E-state index contributed by atoms with van der Waals surface area (Å²) in [5, 5.41) is 3.23. The first-order valence-corrected chi connectivity index (χ1v) is 8.27. The maximum atomic E-state index is 4.41. The zero-order valence-corrected chi connectivity index (χ0v) is 13.6. The molecule has 1 fully saturated rings. The smallest absolute Gasteiger partial charge is 0.225 e. The largest absolute Gasteiger partial charge is 0.338 e. The Hall–Kier alpha value is -1.05. The number of hydrogen-bond acceptors (Lipinski definition) is 6. The van der Waals surface area contributed by atoms with Crippen LogP contribution in [-0.4, -0.2) is 46.0 Å². The lowest BCUT2D eigenvalue weighted by molar-refractivity contribution is 0.197. The van der Waals surface area contributed by atoms with Crippen molar-refractivity contribution in [2.24, 2.45) is 0 Å². The summed E-state index contributed by atoms with van der Waals surface area (Å²) >= 11 is 5.09. The van der Waals surface area contributed by atoms with Crippen LogP contribution in [0.5, 0.6) is 0 Å². The number of nitrogens with zero attached hydrogens (tertiary/aromatic N) is 5. The lowest BCUT2D eigenvalue weighted by Crippen LogP contribution is -2.47. The fourth-order valence-electron chi connectivity index (χ4n) is 2.37. The van der Waals surface area contributed by atoms with Crippen molar-refractivity contribution in [3.63, 3.8) is 0 Å². The van der Waals surface area contributed by atoms with Crippen molar-refractivity contribution in [3.05, 3.63) is 33.5 Å². The van der Waals surface area contributed by atoms with Gasteiger partial charge in [0.15, 0.2) is 0 Å². The second-order valence-electron chi connectivity index (χ2n) is 4.77. The van der Waals surface area contributed by atoms with Crippen LogP contribution in [0.3, 0.4) is 0 Å². The molecule has 1 aliphatic heterocycles. The second-order valence-corrected chi connectivity index (χ2v) is 6.61. The summed E-state index contributed by atoms with van der Waals surface area (Å²) in [4.78, 5) is 17.8. The lowest BCUT2D eigenvalue weighted by Gasteiger charge is -2.37. The Morgan fingerprint density at radius 1 is 1.15 bits per heavy atom. The molecule has 2 aromatic heterocycles. The highest BCUT2D eigenvalue weighted by Crippen LogP contribution is 2.24. The molecule has 3 heterocycles. The highest BCUT2D eigenvalue weighted by molar-refractivity contribution is 9.10. The van der Waals surface area contributed by atoms with Gasteiger partial charge in [0.2, 0.25) is 5.95 Å². The van der Waals surface area contributed by atoms with Crippen LogP contribution in [0.2, 0.25) is 0 Å². The van der Waals surface area contributed by atoms with E-state index in [1.807, 2.05) is 11.6 Å². The maximum absolute atomic E-state index is 4.41. The molecule has 1 unspecified atom stereocenters. The molecule has 0 spiro atoms. The molecule has 2 aromatic rings. The van der Waals surface area contributed by atoms with Gasteiger partial charge in [0.25, 0.3) is 0 Å². The van der Waals surface area contributed by atoms with Crippen molar-refractivity contribution >= 4 is 33.2 Å². The van der Waals surface area contributed by atoms with Crippen LogP contribution in [0.4, 0.5) is 5.95 Å². The quantitative estimate of drug-likeness (QED) is 0.848. The normalized spacial score (nSPS) is 18.2. The summed E-state index contributed by atoms with van der Waals surface area (Å²) in [6.45, 7) is 6.17. The molecule has 0 N–H and O–H groups in total. The first-order valence-electron chi connectivity index (χ1n) is 6.60. The van der Waals surface area contributed by atoms with E-state index >= 15 is 0 Å². The lowest BCUT2D eigenvalue weighted by atomic mass is 10.2. The van der Waals surface area contributed by atoms with Crippen LogP contribution in [0.15, 0.2) is 28.4 Å². The van der Waals surface area contributed by atoms with E-state index < -0.39 is 0 Å². The first kappa shape index (κ1) is 13.9. The van der Waals surface area contributed by atoms with Gasteiger partial charge >= 0.3 is 0 Å². The van der Waals surface area contributed by atoms with Gasteiger partial charge in [-0.25, -0.2) is 15.0 Å². The van der Waals surface area contributed by atoms with Crippen molar-refractivity contribution in [2.45, 2.75) is 13.0 Å². The molecule has 1 atom stereocenters. The Morgan fingerprint density at radius 2 is 1.85 bits per heavy atom. The highest BCUT2D eigenvalue weighted by Gasteiger charge is 2.24. The zero-order chi connectivity index (χ0) is 13.9. The highest BCUT2D eigenvalue weighted by atomic mass is 79.9. The number of piperazine rings is 1. The minimum atomic E-state index is 0.392. The molecular formula is C13H16BrN5S. The van der Waals surface area contributed by atoms with Crippen LogP contribution in [0.1, 0.15) is 18.0 Å². The first-order chi connectivity index (χ1) is 9.74. The van der Waals surface area contributed by atoms with E-state index in [1.165, 1.54) is 5.01 Å². The van der Waals surface area contributed by atoms with E-state index in [4.69, 9.17) is 0 Å². The molecule has 1 saturated heterocycles. The third-order valence-electron chi connectivity index (χ3n) is 3.56. The molecule has 7 heteroatoms. The minimum Gasteiger partial charge on any atom is -0.338 e. The van der Waals surface area contributed by atoms with Gasteiger partial charge in [-0.05, 0) is 22.9 Å². The molecular weight excluding hydrogens is 338 g/mol. The van der Waals surface area contributed by atoms with Gasteiger partial charge < -0.3 is 4.90 Å². The Kier molecular flexibility index (Phi) is 4.28. The number of rotatable bonds is 3. The van der Waals surface area contributed by atoms with E-state index in [-0.39, 0.29) is 0 Å². The third-order valence-corrected chi connectivity index (χ3v) is 4.92. The molecule has 106 valence electrons. The molecule has 20 heavy (non-hydrogen) atoms. The summed E-state index contributed by atoms with van der Waals surface area (Å²) in [7, 11) is 0. The second kappa shape index (κ2) is 6.15. The van der Waals surface area contributed by atoms with Crippen LogP contribution >= 0.6 is 27.3 Å². The fourth-order valence-corrected chi connectivity index (χ4v) is 3.31. The van der Waals surface area contributed by atoms with E-state index in [1.54, 1.807) is 23.7 Å². The van der Waals surface area contributed by atoms with E-state index in [0.29, 0.717) is 6.04 Å². The van der Waals surface area contributed by atoms with Gasteiger partial charge in [0.05, 0.1) is 10.5 Å². The fraction of sp³-hybridized carbons (Fsp3) is 0.462. The Balaban J connectivity index is 1.60. The number of aromatic nitrogens is 3. The Morgan fingerprint density at radius 3 is 2.45 bits per heavy atom. The van der Waals surface area contributed by atoms with Crippen molar-refractivity contribution in [1.29, 1.82) is 0 Å². The number of hydrogen-bond donors (Lipinski definition) is 0. The molecule has 0 amide bonds. The van der Waals surface area contributed by atoms with Gasteiger partial charge in [-0.1, -0.05) is 0 Å². The van der Waals surface area contributed by atoms with E-state index in [9.17, 15) is 0 Å². The number of anilines is 1. The topological polar surface area (TPSA) is 45.2 Å². The summed E-state index contributed by atoms with van der Waals surface area (Å²) in [5.74, 6) is 0.815. The van der Waals surface area contributed by atoms with Crippen molar-refractivity contribution in [1.82, 2.24) is 19.9 Å². The average Bonchev–Trinajstić information content (AvgIpc) is 3.02. The maximum Gasteiger partial charge on any atom is 0.225 e. The Labute approximate surface area is 130 Å². The number of halogens is 1. The molecule has 0 aromatic carbocycles. The minimum absolute atomic E-state index is 0.392. The summed E-state index contributed by atoms with van der Waals surface area (Å²) in [6, 6.07) is 0.392. The van der Waals surface area contributed by atoms with E-state index in [2.05, 4.69) is 47.6 Å². The van der Waals surface area contributed by atoms with Gasteiger partial charge in [-0.15, -0.1) is 11.3 Å². The van der Waals surface area contributed by atoms with Gasteiger partial charge in [0, 0.05) is 50.1 Å². The van der Waals surface area contributed by atoms with Crippen molar-refractivity contribution in [3.8, 4) is 0 Å². The van der Waals surface area contributed by atoms with Gasteiger partial charge in [-0.2, -0.15) is 0 Å². The predicted molar refractivity (Wildman–Crippen MR) is 84.0 cm³/mol. The molecule has 0 aliphatic carbocycles. The Bertz CT molecular complexity index is 536. The van der Waals surface area contributed by atoms with Crippen molar-refractivity contribution < 1.29 is 0 Å². The average molecular weight is 354 g/mol. The number of thiazole rings is 1. The van der Waals surface area contributed by atoms with Crippen LogP contribution < -0.4 is 4.90 Å². The zero-order valence-electron chi connectivity index (χ0n) is 11.2. The van der Waals surface area contributed by atoms with Crippen LogP contribution in [0, 0.1) is 0 Å². The molecule has 5 nitrogen and oxygen atoms in total. The standard InChI is InChI=1S/C13H16BrN5S/c1-10(12-15-2-7-20-12)18-3-5-19(6-4-18)13-16-8-11(14)9-17-13/h2,7-10H,3-6H2,1H3. The van der Waals surface area contributed by atoms with Crippen molar-refractivity contribution in [2.75, 3.05) is 31.1 Å². The summed E-state index contributed by atoms with van der Waals surface area (Å²) in [6.07, 6.45) is 5.47. The third kappa shape index (κ3) is 2.99. The summed E-state index contributed by atoms with van der Waals surface area (Å²) < 4.78 is 0.914. The van der Waals surface area contributed by atoms with Gasteiger partial charge in [0.1, 0.15) is 5.01 Å². The molecule has 1 aliphatic rings. The summed E-state index contributed by atoms with van der Waals surface area (Å²) in [5.41, 5.74) is 0.